The third-order valence-corrected chi connectivity index (χ3v) is 6.12. The molecule has 1 N–H and O–H groups in total. The maximum Gasteiger partial charge on any atom is 0.237 e. The quantitative estimate of drug-likeness (QED) is 0.755. The maximum absolute atomic E-state index is 12.8. The number of nitrogens with one attached hydrogen (secondary N) is 1. The van der Waals surface area contributed by atoms with E-state index in [-0.39, 0.29) is 6.54 Å². The minimum atomic E-state index is -3.52. The largest absolute Gasteiger partial charge is 0.306 e. The molecule has 0 bridgehead atoms. The summed E-state index contributed by atoms with van der Waals surface area (Å²) in [4.78, 5) is 4.50. The predicted octanol–water partition coefficient (Wildman–Crippen LogP) is 3.28. The van der Waals surface area contributed by atoms with Gasteiger partial charge in [-0.05, 0) is 41.7 Å². The molecule has 5 nitrogen and oxygen atoms in total. The summed E-state index contributed by atoms with van der Waals surface area (Å²) in [6.07, 6.45) is 8.29. The number of hydrogen-bond donors (Lipinski definition) is 1. The van der Waals surface area contributed by atoms with Gasteiger partial charge in [-0.25, -0.2) is 18.1 Å². The zero-order valence-corrected chi connectivity index (χ0v) is 15.0. The van der Waals surface area contributed by atoms with Crippen LogP contribution in [0.1, 0.15) is 23.1 Å². The van der Waals surface area contributed by atoms with Gasteiger partial charge in [-0.3, -0.25) is 0 Å². The van der Waals surface area contributed by atoms with Crippen molar-refractivity contribution in [1.29, 1.82) is 0 Å². The number of hydrogen-bond acceptors (Lipinski definition) is 3. The number of para-hydroxylation sites is 1. The Morgan fingerprint density at radius 2 is 1.85 bits per heavy atom. The third kappa shape index (κ3) is 3.34. The molecular weight excluding hydrogens is 346 g/mol. The summed E-state index contributed by atoms with van der Waals surface area (Å²) in [5, 5.41) is 0. The van der Waals surface area contributed by atoms with Gasteiger partial charge in [0, 0.05) is 18.9 Å². The Morgan fingerprint density at radius 1 is 1.04 bits per heavy atom. The van der Waals surface area contributed by atoms with Crippen molar-refractivity contribution in [3.63, 3.8) is 0 Å². The number of sulfonamides is 1. The number of imidazole rings is 1. The summed E-state index contributed by atoms with van der Waals surface area (Å²) in [6.45, 7) is 0.232. The zero-order chi connectivity index (χ0) is 18.0. The van der Waals surface area contributed by atoms with Gasteiger partial charge < -0.3 is 4.57 Å². The predicted molar refractivity (Wildman–Crippen MR) is 102 cm³/mol. The molecule has 0 amide bonds. The van der Waals surface area contributed by atoms with Gasteiger partial charge in [0.2, 0.25) is 10.0 Å². The average molecular weight is 365 g/mol. The summed E-state index contributed by atoms with van der Waals surface area (Å²) in [5.74, 6) is 0. The fourth-order valence-electron chi connectivity index (χ4n) is 3.20. The van der Waals surface area contributed by atoms with Crippen molar-refractivity contribution in [1.82, 2.24) is 14.3 Å². The van der Waals surface area contributed by atoms with Crippen LogP contribution in [0.3, 0.4) is 0 Å². The second-order valence-electron chi connectivity index (χ2n) is 6.23. The molecule has 0 fully saturated rings. The van der Waals surface area contributed by atoms with E-state index in [2.05, 4.69) is 9.71 Å². The summed E-state index contributed by atoms with van der Waals surface area (Å²) in [5.41, 5.74) is 3.98. The molecule has 6 heteroatoms. The lowest BCUT2D eigenvalue weighted by Gasteiger charge is -2.17. The van der Waals surface area contributed by atoms with Crippen molar-refractivity contribution in [3.8, 4) is 5.69 Å². The van der Waals surface area contributed by atoms with Crippen molar-refractivity contribution in [3.05, 3.63) is 88.8 Å². The van der Waals surface area contributed by atoms with Crippen LogP contribution in [0.15, 0.2) is 72.2 Å². The first-order valence-corrected chi connectivity index (χ1v) is 9.96. The van der Waals surface area contributed by atoms with E-state index in [0.717, 1.165) is 23.2 Å². The van der Waals surface area contributed by atoms with Crippen molar-refractivity contribution in [2.45, 2.75) is 19.4 Å². The van der Waals surface area contributed by atoms with Gasteiger partial charge >= 0.3 is 0 Å². The third-order valence-electron chi connectivity index (χ3n) is 4.58. The molecule has 3 aromatic rings. The highest BCUT2D eigenvalue weighted by Gasteiger charge is 2.21. The van der Waals surface area contributed by atoms with E-state index < -0.39 is 10.0 Å². The first kappa shape index (κ1) is 16.8. The van der Waals surface area contributed by atoms with E-state index in [4.69, 9.17) is 0 Å². The Kier molecular flexibility index (Phi) is 4.44. The Balaban J connectivity index is 1.57. The second-order valence-corrected chi connectivity index (χ2v) is 8.05. The van der Waals surface area contributed by atoms with E-state index in [1.807, 2.05) is 59.3 Å². The molecule has 0 saturated heterocycles. The lowest BCUT2D eigenvalue weighted by atomic mass is 9.98. The van der Waals surface area contributed by atoms with Crippen molar-refractivity contribution in [2.75, 3.05) is 0 Å². The van der Waals surface area contributed by atoms with Crippen LogP contribution < -0.4 is 4.72 Å². The molecule has 4 rings (SSSR count). The average Bonchev–Trinajstić information content (AvgIpc) is 3.21. The first-order chi connectivity index (χ1) is 12.6. The van der Waals surface area contributed by atoms with Crippen LogP contribution in [0.25, 0.3) is 11.8 Å². The molecule has 0 spiro atoms. The summed E-state index contributed by atoms with van der Waals surface area (Å²) in [7, 11) is -3.52. The van der Waals surface area contributed by atoms with Crippen molar-refractivity contribution >= 4 is 16.1 Å². The molecule has 1 aromatic heterocycles. The van der Waals surface area contributed by atoms with Crippen LogP contribution in [-0.2, 0) is 23.0 Å². The van der Waals surface area contributed by atoms with Gasteiger partial charge in [-0.1, -0.05) is 42.5 Å². The Labute approximate surface area is 153 Å². The first-order valence-electron chi connectivity index (χ1n) is 8.48. The van der Waals surface area contributed by atoms with Gasteiger partial charge in [-0.15, -0.1) is 0 Å². The van der Waals surface area contributed by atoms with Crippen LogP contribution in [0, 0.1) is 0 Å². The van der Waals surface area contributed by atoms with Crippen LogP contribution in [0.5, 0.6) is 0 Å². The molecule has 26 heavy (non-hydrogen) atoms. The molecule has 1 aliphatic carbocycles. The maximum atomic E-state index is 12.8. The Hall–Kier alpha value is -2.70. The summed E-state index contributed by atoms with van der Waals surface area (Å²) < 4.78 is 30.2. The Bertz CT molecular complexity index is 1050. The number of aromatic nitrogens is 2. The smallest absolute Gasteiger partial charge is 0.237 e. The molecule has 0 saturated carbocycles. The van der Waals surface area contributed by atoms with E-state index in [9.17, 15) is 8.42 Å². The standard InChI is InChI=1S/C20H19N3O2S/c24-26(25,19-10-9-16-5-1-2-6-17(16)13-19)22-14-18-7-3-4-8-20(18)23-12-11-21-15-23/h1-8,11-13,15,22H,9-10,14H2. The van der Waals surface area contributed by atoms with E-state index >= 15 is 0 Å². The Morgan fingerprint density at radius 3 is 2.69 bits per heavy atom. The minimum absolute atomic E-state index is 0.232. The van der Waals surface area contributed by atoms with Gasteiger partial charge in [0.05, 0.1) is 16.9 Å². The molecular formula is C20H19N3O2S. The summed E-state index contributed by atoms with van der Waals surface area (Å²) in [6, 6.07) is 15.6. The monoisotopic (exact) mass is 365 g/mol. The molecule has 0 unspecified atom stereocenters. The molecule has 2 aromatic carbocycles. The van der Waals surface area contributed by atoms with Crippen LogP contribution in [0.4, 0.5) is 0 Å². The molecule has 1 heterocycles. The van der Waals surface area contributed by atoms with E-state index in [1.54, 1.807) is 18.6 Å². The number of nitrogens with zero attached hydrogens (tertiary/aromatic N) is 2. The highest BCUT2D eigenvalue weighted by Crippen LogP contribution is 2.26. The molecule has 132 valence electrons. The number of allylic oxidation sites excluding steroid dienone is 1. The van der Waals surface area contributed by atoms with E-state index in [0.29, 0.717) is 11.3 Å². The lowest BCUT2D eigenvalue weighted by Crippen LogP contribution is -2.26. The fraction of sp³-hybridized carbons (Fsp3) is 0.150. The zero-order valence-electron chi connectivity index (χ0n) is 14.2. The SMILES string of the molecule is O=S(=O)(NCc1ccccc1-n1ccnc1)C1=Cc2ccccc2CC1. The van der Waals surface area contributed by atoms with Gasteiger partial charge in [0.25, 0.3) is 0 Å². The van der Waals surface area contributed by atoms with Crippen molar-refractivity contribution in [2.24, 2.45) is 0 Å². The fourth-order valence-corrected chi connectivity index (χ4v) is 4.38. The van der Waals surface area contributed by atoms with E-state index in [1.165, 1.54) is 5.56 Å². The minimum Gasteiger partial charge on any atom is -0.306 e. The number of aryl methyl sites for hydroxylation is 1. The van der Waals surface area contributed by atoms with Gasteiger partial charge in [0.15, 0.2) is 0 Å². The molecule has 0 radical (unpaired) electrons. The van der Waals surface area contributed by atoms with Gasteiger partial charge in [-0.2, -0.15) is 0 Å². The van der Waals surface area contributed by atoms with Crippen LogP contribution in [0.2, 0.25) is 0 Å². The highest BCUT2D eigenvalue weighted by molar-refractivity contribution is 7.93. The van der Waals surface area contributed by atoms with Crippen molar-refractivity contribution < 1.29 is 8.42 Å². The number of fused-ring (bicyclic) bond motifs is 1. The topological polar surface area (TPSA) is 64.0 Å². The molecule has 0 aliphatic heterocycles. The van der Waals surface area contributed by atoms with Crippen LogP contribution >= 0.6 is 0 Å². The number of rotatable bonds is 5. The molecule has 1 aliphatic rings. The van der Waals surface area contributed by atoms with Crippen LogP contribution in [-0.4, -0.2) is 18.0 Å². The molecule has 0 atom stereocenters. The number of benzene rings is 2. The lowest BCUT2D eigenvalue weighted by molar-refractivity contribution is 0.585. The summed E-state index contributed by atoms with van der Waals surface area (Å²) >= 11 is 0. The second kappa shape index (κ2) is 6.90. The van der Waals surface area contributed by atoms with Gasteiger partial charge in [0.1, 0.15) is 0 Å². The highest BCUT2D eigenvalue weighted by atomic mass is 32.2. The normalized spacial score (nSPS) is 13.9.